The number of benzene rings is 2. The van der Waals surface area contributed by atoms with Gasteiger partial charge >= 0.3 is 0 Å². The van der Waals surface area contributed by atoms with Crippen LogP contribution in [0.25, 0.3) is 0 Å². The lowest BCUT2D eigenvalue weighted by Gasteiger charge is -2.09. The number of anilines is 2. The van der Waals surface area contributed by atoms with Crippen molar-refractivity contribution in [3.63, 3.8) is 0 Å². The first-order valence-corrected chi connectivity index (χ1v) is 7.56. The third-order valence-corrected chi connectivity index (χ3v) is 3.70. The monoisotopic (exact) mass is 324 g/mol. The van der Waals surface area contributed by atoms with Crippen molar-refractivity contribution in [1.29, 1.82) is 0 Å². The molecule has 0 aliphatic carbocycles. The number of hydrogen-bond acceptors (Lipinski definition) is 4. The van der Waals surface area contributed by atoms with Gasteiger partial charge in [0.25, 0.3) is 5.56 Å². The van der Waals surface area contributed by atoms with Crippen LogP contribution in [0.5, 0.6) is 0 Å². The zero-order chi connectivity index (χ0) is 17.1. The highest BCUT2D eigenvalue weighted by Gasteiger charge is 2.07. The number of rotatable bonds is 4. The second-order valence-corrected chi connectivity index (χ2v) is 5.70. The van der Waals surface area contributed by atoms with Crippen molar-refractivity contribution in [3.8, 4) is 0 Å². The number of hydrogen-bond donors (Lipinski definition) is 2. The van der Waals surface area contributed by atoms with E-state index in [1.165, 1.54) is 12.1 Å². The Labute approximate surface area is 138 Å². The maximum atomic E-state index is 12.9. The van der Waals surface area contributed by atoms with Crippen LogP contribution in [-0.4, -0.2) is 15.2 Å². The molecule has 2 aromatic carbocycles. The van der Waals surface area contributed by atoms with Crippen molar-refractivity contribution in [2.75, 3.05) is 5.32 Å². The fourth-order valence-electron chi connectivity index (χ4n) is 2.33. The Balaban J connectivity index is 1.80. The van der Waals surface area contributed by atoms with Crippen LogP contribution >= 0.6 is 0 Å². The molecule has 6 heteroatoms. The van der Waals surface area contributed by atoms with Crippen molar-refractivity contribution >= 4 is 11.6 Å². The fourth-order valence-corrected chi connectivity index (χ4v) is 2.33. The van der Waals surface area contributed by atoms with E-state index in [1.807, 2.05) is 32.0 Å². The second-order valence-electron chi connectivity index (χ2n) is 5.70. The summed E-state index contributed by atoms with van der Waals surface area (Å²) in [7, 11) is 0. The number of aromatic nitrogens is 3. The summed E-state index contributed by atoms with van der Waals surface area (Å²) in [5.41, 5.74) is 3.78. The molecule has 5 nitrogen and oxygen atoms in total. The molecule has 0 radical (unpaired) electrons. The average Bonchev–Trinajstić information content (AvgIpc) is 2.55. The van der Waals surface area contributed by atoms with Gasteiger partial charge in [0.15, 0.2) is 0 Å². The van der Waals surface area contributed by atoms with Crippen LogP contribution in [0.1, 0.15) is 22.4 Å². The van der Waals surface area contributed by atoms with E-state index in [2.05, 4.69) is 20.5 Å². The molecule has 0 aliphatic rings. The summed E-state index contributed by atoms with van der Waals surface area (Å²) >= 11 is 0. The molecule has 2 N–H and O–H groups in total. The van der Waals surface area contributed by atoms with Gasteiger partial charge in [0.1, 0.15) is 11.5 Å². The predicted octanol–water partition coefficient (Wildman–Crippen LogP) is 3.26. The predicted molar refractivity (Wildman–Crippen MR) is 91.1 cm³/mol. The summed E-state index contributed by atoms with van der Waals surface area (Å²) in [6.45, 7) is 3.96. The van der Waals surface area contributed by atoms with Gasteiger partial charge in [-0.25, -0.2) is 4.39 Å². The number of aryl methyl sites for hydroxylation is 2. The zero-order valence-corrected chi connectivity index (χ0v) is 13.4. The molecule has 0 saturated heterocycles. The van der Waals surface area contributed by atoms with Gasteiger partial charge in [0.2, 0.25) is 5.95 Å². The Morgan fingerprint density at radius 3 is 2.54 bits per heavy atom. The topological polar surface area (TPSA) is 70.7 Å². The van der Waals surface area contributed by atoms with Crippen LogP contribution in [0.15, 0.2) is 47.3 Å². The summed E-state index contributed by atoms with van der Waals surface area (Å²) in [6.07, 6.45) is 0.298. The Bertz CT molecular complexity index is 919. The molecule has 0 saturated carbocycles. The van der Waals surface area contributed by atoms with Gasteiger partial charge in [-0.05, 0) is 48.7 Å². The number of nitrogens with zero attached hydrogens (tertiary/aromatic N) is 2. The highest BCUT2D eigenvalue weighted by Crippen LogP contribution is 2.18. The number of aromatic amines is 1. The maximum absolute atomic E-state index is 12.9. The molecule has 1 aromatic heterocycles. The quantitative estimate of drug-likeness (QED) is 0.773. The summed E-state index contributed by atoms with van der Waals surface area (Å²) in [4.78, 5) is 14.9. The Morgan fingerprint density at radius 1 is 1.08 bits per heavy atom. The smallest absolute Gasteiger partial charge is 0.274 e. The van der Waals surface area contributed by atoms with Crippen LogP contribution in [-0.2, 0) is 6.42 Å². The van der Waals surface area contributed by atoms with E-state index >= 15 is 0 Å². The molecule has 0 aliphatic heterocycles. The number of nitrogens with one attached hydrogen (secondary N) is 2. The summed E-state index contributed by atoms with van der Waals surface area (Å²) in [5.74, 6) is -0.0247. The van der Waals surface area contributed by atoms with E-state index < -0.39 is 0 Å². The van der Waals surface area contributed by atoms with Crippen molar-refractivity contribution < 1.29 is 4.39 Å². The molecular weight excluding hydrogens is 307 g/mol. The lowest BCUT2D eigenvalue weighted by molar-refractivity contribution is 0.627. The lowest BCUT2D eigenvalue weighted by Crippen LogP contribution is -2.19. The summed E-state index contributed by atoms with van der Waals surface area (Å²) in [5, 5.41) is 11.1. The third-order valence-electron chi connectivity index (χ3n) is 3.70. The van der Waals surface area contributed by atoms with Crippen molar-refractivity contribution in [3.05, 3.63) is 81.0 Å². The lowest BCUT2D eigenvalue weighted by atomic mass is 10.1. The summed E-state index contributed by atoms with van der Waals surface area (Å²) < 4.78 is 12.9. The van der Waals surface area contributed by atoms with E-state index in [1.54, 1.807) is 12.1 Å². The molecule has 24 heavy (non-hydrogen) atoms. The van der Waals surface area contributed by atoms with Crippen LogP contribution in [0.2, 0.25) is 0 Å². The fraction of sp³-hybridized carbons (Fsp3) is 0.167. The summed E-state index contributed by atoms with van der Waals surface area (Å²) in [6, 6.07) is 11.9. The second kappa shape index (κ2) is 6.62. The van der Waals surface area contributed by atoms with Gasteiger partial charge in [-0.15, -0.1) is 10.2 Å². The minimum atomic E-state index is -0.317. The Kier molecular flexibility index (Phi) is 4.37. The van der Waals surface area contributed by atoms with Crippen LogP contribution in [0, 0.1) is 19.7 Å². The van der Waals surface area contributed by atoms with Gasteiger partial charge in [0.05, 0.1) is 0 Å². The SMILES string of the molecule is Cc1ccc(C)c(Nc2nnc(Cc3ccc(F)cc3)c(=O)[nH]2)c1. The molecule has 0 bridgehead atoms. The molecule has 3 aromatic rings. The molecule has 3 rings (SSSR count). The van der Waals surface area contributed by atoms with Crippen molar-refractivity contribution in [2.24, 2.45) is 0 Å². The van der Waals surface area contributed by atoms with E-state index in [0.717, 1.165) is 22.4 Å². The van der Waals surface area contributed by atoms with Crippen molar-refractivity contribution in [1.82, 2.24) is 15.2 Å². The normalized spacial score (nSPS) is 10.6. The molecule has 0 atom stereocenters. The molecular formula is C18H17FN4O. The van der Waals surface area contributed by atoms with Crippen molar-refractivity contribution in [2.45, 2.75) is 20.3 Å². The van der Waals surface area contributed by atoms with Gasteiger partial charge in [0, 0.05) is 12.1 Å². The third kappa shape index (κ3) is 3.65. The maximum Gasteiger partial charge on any atom is 0.274 e. The molecule has 122 valence electrons. The highest BCUT2D eigenvalue weighted by atomic mass is 19.1. The van der Waals surface area contributed by atoms with Gasteiger partial charge in [-0.1, -0.05) is 24.3 Å². The molecule has 0 amide bonds. The first-order valence-electron chi connectivity index (χ1n) is 7.56. The minimum Gasteiger partial charge on any atom is -0.324 e. The largest absolute Gasteiger partial charge is 0.324 e. The molecule has 1 heterocycles. The van der Waals surface area contributed by atoms with Crippen LogP contribution < -0.4 is 10.9 Å². The molecule has 0 fully saturated rings. The zero-order valence-electron chi connectivity index (χ0n) is 13.4. The van der Waals surface area contributed by atoms with E-state index in [-0.39, 0.29) is 23.0 Å². The first kappa shape index (κ1) is 15.9. The van der Waals surface area contributed by atoms with Crippen LogP contribution in [0.3, 0.4) is 0 Å². The number of halogens is 1. The highest BCUT2D eigenvalue weighted by molar-refractivity contribution is 5.58. The Hall–Kier alpha value is -3.02. The van der Waals surface area contributed by atoms with Gasteiger partial charge in [-0.3, -0.25) is 9.78 Å². The van der Waals surface area contributed by atoms with Gasteiger partial charge < -0.3 is 5.32 Å². The average molecular weight is 324 g/mol. The standard InChI is InChI=1S/C18H17FN4O/c1-11-3-4-12(2)15(9-11)20-18-21-17(24)16(22-23-18)10-13-5-7-14(19)8-6-13/h3-9H,10H2,1-2H3,(H2,20,21,23,24). The first-order chi connectivity index (χ1) is 11.5. The van der Waals surface area contributed by atoms with Gasteiger partial charge in [-0.2, -0.15) is 0 Å². The van der Waals surface area contributed by atoms with E-state index in [9.17, 15) is 9.18 Å². The van der Waals surface area contributed by atoms with E-state index in [4.69, 9.17) is 0 Å². The van der Waals surface area contributed by atoms with E-state index in [0.29, 0.717) is 6.42 Å². The molecule has 0 spiro atoms. The Morgan fingerprint density at radius 2 is 1.83 bits per heavy atom. The molecule has 0 unspecified atom stereocenters. The van der Waals surface area contributed by atoms with Crippen LogP contribution in [0.4, 0.5) is 16.0 Å². The minimum absolute atomic E-state index is 0.285. The number of H-pyrrole nitrogens is 1.